The summed E-state index contributed by atoms with van der Waals surface area (Å²) in [6.07, 6.45) is 4.62. The van der Waals surface area contributed by atoms with Gasteiger partial charge in [0.1, 0.15) is 5.75 Å². The van der Waals surface area contributed by atoms with Crippen molar-refractivity contribution in [1.82, 2.24) is 9.88 Å². The van der Waals surface area contributed by atoms with E-state index < -0.39 is 0 Å². The topological polar surface area (TPSA) is 43.3 Å². The molecule has 24 heavy (non-hydrogen) atoms. The van der Waals surface area contributed by atoms with Crippen molar-refractivity contribution in [3.05, 3.63) is 40.2 Å². The summed E-state index contributed by atoms with van der Waals surface area (Å²) < 4.78 is 7.63. The fraction of sp³-hybridized carbons (Fsp3) is 0.526. The summed E-state index contributed by atoms with van der Waals surface area (Å²) in [6.45, 7) is 3.91. The number of nitrogens with zero attached hydrogens (tertiary/aromatic N) is 1. The second kappa shape index (κ2) is 8.08. The summed E-state index contributed by atoms with van der Waals surface area (Å²) in [5.41, 5.74) is 1.84. The van der Waals surface area contributed by atoms with Gasteiger partial charge in [-0.2, -0.15) is 0 Å². The maximum Gasteiger partial charge on any atom is 0.260 e. The first kappa shape index (κ1) is 17.4. The van der Waals surface area contributed by atoms with E-state index >= 15 is 0 Å². The molecule has 1 fully saturated rings. The molecule has 1 unspecified atom stereocenters. The molecule has 1 aliphatic heterocycles. The molecule has 3 rings (SSSR count). The first-order valence-corrected chi connectivity index (χ1v) is 9.87. The number of hydrogen-bond donors (Lipinski definition) is 1. The maximum atomic E-state index is 13.2. The number of pyridine rings is 1. The lowest BCUT2D eigenvalue weighted by Crippen LogP contribution is -2.29. The van der Waals surface area contributed by atoms with E-state index in [2.05, 4.69) is 18.3 Å². The van der Waals surface area contributed by atoms with Crippen molar-refractivity contribution in [1.29, 1.82) is 0 Å². The molecule has 2 aromatic rings. The summed E-state index contributed by atoms with van der Waals surface area (Å²) >= 11 is 1.78. The Balaban J connectivity index is 2.11. The van der Waals surface area contributed by atoms with Crippen LogP contribution in [-0.4, -0.2) is 24.0 Å². The van der Waals surface area contributed by atoms with E-state index in [0.717, 1.165) is 53.9 Å². The second-order valence-corrected chi connectivity index (χ2v) is 7.40. The van der Waals surface area contributed by atoms with Gasteiger partial charge in [0.25, 0.3) is 5.56 Å². The smallest absolute Gasteiger partial charge is 0.260 e. The molecular weight excluding hydrogens is 320 g/mol. The van der Waals surface area contributed by atoms with Gasteiger partial charge in [-0.15, -0.1) is 11.8 Å². The minimum atomic E-state index is 0.0268. The Morgan fingerprint density at radius 1 is 1.29 bits per heavy atom. The van der Waals surface area contributed by atoms with Crippen molar-refractivity contribution >= 4 is 22.7 Å². The number of para-hydroxylation sites is 1. The Morgan fingerprint density at radius 3 is 2.83 bits per heavy atom. The zero-order valence-corrected chi connectivity index (χ0v) is 15.3. The fourth-order valence-electron chi connectivity index (χ4n) is 3.38. The Bertz CT molecular complexity index is 751. The van der Waals surface area contributed by atoms with Gasteiger partial charge in [-0.25, -0.2) is 0 Å². The minimum Gasteiger partial charge on any atom is -0.495 e. The second-order valence-electron chi connectivity index (χ2n) is 6.19. The molecule has 0 spiro atoms. The lowest BCUT2D eigenvalue weighted by atomic mass is 10.1. The quantitative estimate of drug-likeness (QED) is 0.772. The predicted octanol–water partition coefficient (Wildman–Crippen LogP) is 3.93. The highest BCUT2D eigenvalue weighted by Crippen LogP contribution is 2.37. The Labute approximate surface area is 147 Å². The number of unbranched alkanes of at least 4 members (excludes halogenated alkanes) is 3. The van der Waals surface area contributed by atoms with Gasteiger partial charge in [-0.05, 0) is 18.6 Å². The van der Waals surface area contributed by atoms with Gasteiger partial charge in [0, 0.05) is 24.2 Å². The monoisotopic (exact) mass is 346 g/mol. The average Bonchev–Trinajstić information content (AvgIpc) is 3.13. The summed E-state index contributed by atoms with van der Waals surface area (Å²) in [5, 5.41) is 4.48. The number of fused-ring (bicyclic) bond motifs is 1. The van der Waals surface area contributed by atoms with E-state index in [1.807, 2.05) is 22.8 Å². The highest BCUT2D eigenvalue weighted by atomic mass is 32.2. The van der Waals surface area contributed by atoms with Crippen LogP contribution in [0.3, 0.4) is 0 Å². The van der Waals surface area contributed by atoms with Crippen LogP contribution in [-0.2, 0) is 6.54 Å². The summed E-state index contributed by atoms with van der Waals surface area (Å²) in [7, 11) is 1.66. The molecule has 5 heteroatoms. The molecule has 1 saturated heterocycles. The lowest BCUT2D eigenvalue weighted by molar-refractivity contribution is 0.410. The van der Waals surface area contributed by atoms with Gasteiger partial charge in [0.05, 0.1) is 23.6 Å². The molecule has 0 bridgehead atoms. The van der Waals surface area contributed by atoms with Crippen LogP contribution in [0, 0.1) is 0 Å². The molecule has 0 aliphatic carbocycles. The Morgan fingerprint density at radius 2 is 2.12 bits per heavy atom. The maximum absolute atomic E-state index is 13.2. The third kappa shape index (κ3) is 3.33. The van der Waals surface area contributed by atoms with Crippen LogP contribution in [0.25, 0.3) is 10.9 Å². The standard InChI is InChI=1S/C19H26N2O2S/c1-3-4-5-8-12-21-15-10-7-6-9-14(15)17(23-2)16(19(21)22)18-20-11-13-24-18/h6-7,9-10,18,20H,3-5,8,11-13H2,1-2H3. The molecule has 0 radical (unpaired) electrons. The van der Waals surface area contributed by atoms with Gasteiger partial charge in [0.2, 0.25) is 0 Å². The molecule has 130 valence electrons. The molecule has 1 atom stereocenters. The molecule has 4 nitrogen and oxygen atoms in total. The fourth-order valence-corrected chi connectivity index (χ4v) is 4.46. The number of ether oxygens (including phenoxy) is 1. The number of aryl methyl sites for hydroxylation is 1. The van der Waals surface area contributed by atoms with Crippen molar-refractivity contribution in [2.24, 2.45) is 0 Å². The van der Waals surface area contributed by atoms with E-state index in [4.69, 9.17) is 4.74 Å². The average molecular weight is 346 g/mol. The molecular formula is C19H26N2O2S. The van der Waals surface area contributed by atoms with Gasteiger partial charge in [-0.3, -0.25) is 4.79 Å². The molecule has 1 aliphatic rings. The van der Waals surface area contributed by atoms with Crippen molar-refractivity contribution in [3.8, 4) is 5.75 Å². The zero-order valence-electron chi connectivity index (χ0n) is 14.5. The molecule has 2 heterocycles. The van der Waals surface area contributed by atoms with Gasteiger partial charge >= 0.3 is 0 Å². The van der Waals surface area contributed by atoms with Gasteiger partial charge < -0.3 is 14.6 Å². The molecule has 1 aromatic carbocycles. The third-order valence-corrected chi connectivity index (χ3v) is 5.75. The van der Waals surface area contributed by atoms with Crippen LogP contribution in [0.15, 0.2) is 29.1 Å². The van der Waals surface area contributed by atoms with Crippen molar-refractivity contribution in [2.45, 2.75) is 44.5 Å². The highest BCUT2D eigenvalue weighted by Gasteiger charge is 2.27. The molecule has 0 amide bonds. The van der Waals surface area contributed by atoms with E-state index in [-0.39, 0.29) is 10.9 Å². The summed E-state index contributed by atoms with van der Waals surface area (Å²) in [6, 6.07) is 8.08. The first-order valence-electron chi connectivity index (χ1n) is 8.82. The van der Waals surface area contributed by atoms with Crippen LogP contribution >= 0.6 is 11.8 Å². The van der Waals surface area contributed by atoms with E-state index in [1.165, 1.54) is 12.8 Å². The Hall–Kier alpha value is -1.46. The van der Waals surface area contributed by atoms with Gasteiger partial charge in [0.15, 0.2) is 0 Å². The van der Waals surface area contributed by atoms with Crippen LogP contribution < -0.4 is 15.6 Å². The lowest BCUT2D eigenvalue weighted by Gasteiger charge is -2.20. The van der Waals surface area contributed by atoms with Crippen LogP contribution in [0.5, 0.6) is 5.75 Å². The summed E-state index contributed by atoms with van der Waals surface area (Å²) in [4.78, 5) is 13.2. The molecule has 1 aromatic heterocycles. The predicted molar refractivity (Wildman–Crippen MR) is 102 cm³/mol. The normalized spacial score (nSPS) is 17.5. The number of rotatable bonds is 7. The molecule has 1 N–H and O–H groups in total. The Kier molecular flexibility index (Phi) is 5.85. The van der Waals surface area contributed by atoms with E-state index in [9.17, 15) is 4.79 Å². The van der Waals surface area contributed by atoms with Crippen LogP contribution in [0.4, 0.5) is 0 Å². The van der Waals surface area contributed by atoms with E-state index in [0.29, 0.717) is 0 Å². The van der Waals surface area contributed by atoms with Gasteiger partial charge in [-0.1, -0.05) is 38.3 Å². The van der Waals surface area contributed by atoms with Crippen LogP contribution in [0.1, 0.15) is 43.5 Å². The summed E-state index contributed by atoms with van der Waals surface area (Å²) in [5.74, 6) is 1.75. The first-order chi connectivity index (χ1) is 11.8. The SMILES string of the molecule is CCCCCCn1c(=O)c(C2NCCS2)c(OC)c2ccccc21. The van der Waals surface area contributed by atoms with Crippen molar-refractivity contribution in [3.63, 3.8) is 0 Å². The number of nitrogens with one attached hydrogen (secondary N) is 1. The number of methoxy groups -OCH3 is 1. The number of aromatic nitrogens is 1. The number of hydrogen-bond acceptors (Lipinski definition) is 4. The van der Waals surface area contributed by atoms with Crippen LogP contribution in [0.2, 0.25) is 0 Å². The minimum absolute atomic E-state index is 0.0268. The largest absolute Gasteiger partial charge is 0.495 e. The number of thioether (sulfide) groups is 1. The molecule has 0 saturated carbocycles. The third-order valence-electron chi connectivity index (χ3n) is 4.58. The zero-order chi connectivity index (χ0) is 16.9. The van der Waals surface area contributed by atoms with E-state index in [1.54, 1.807) is 18.9 Å². The van der Waals surface area contributed by atoms with Crippen molar-refractivity contribution < 1.29 is 4.74 Å². The highest BCUT2D eigenvalue weighted by molar-refractivity contribution is 7.99. The number of benzene rings is 1. The van der Waals surface area contributed by atoms with Crippen molar-refractivity contribution in [2.75, 3.05) is 19.4 Å².